The first kappa shape index (κ1) is 10.0. The molecule has 14 heavy (non-hydrogen) atoms. The van der Waals surface area contributed by atoms with Crippen molar-refractivity contribution in [2.45, 2.75) is 20.3 Å². The lowest BCUT2D eigenvalue weighted by Gasteiger charge is -1.98. The van der Waals surface area contributed by atoms with Gasteiger partial charge < -0.3 is 0 Å². The van der Waals surface area contributed by atoms with E-state index < -0.39 is 0 Å². The Hall–Kier alpha value is -0.530. The minimum atomic E-state index is 0.721. The summed E-state index contributed by atoms with van der Waals surface area (Å²) in [5, 5.41) is 2.14. The van der Waals surface area contributed by atoms with Gasteiger partial charge in [-0.2, -0.15) is 0 Å². The fourth-order valence-electron chi connectivity index (χ4n) is 1.56. The van der Waals surface area contributed by atoms with E-state index in [9.17, 15) is 0 Å². The summed E-state index contributed by atoms with van der Waals surface area (Å²) in [7, 11) is 0. The lowest BCUT2D eigenvalue weighted by molar-refractivity contribution is 0.654. The van der Waals surface area contributed by atoms with Gasteiger partial charge in [-0.25, -0.2) is 0 Å². The van der Waals surface area contributed by atoms with Gasteiger partial charge in [-0.1, -0.05) is 31.5 Å². The highest BCUT2D eigenvalue weighted by molar-refractivity contribution is 7.19. The summed E-state index contributed by atoms with van der Waals surface area (Å²) in [5.41, 5.74) is 0. The van der Waals surface area contributed by atoms with E-state index in [1.165, 1.54) is 15.0 Å². The molecule has 0 saturated carbocycles. The lowest BCUT2D eigenvalue weighted by Crippen LogP contribution is -1.89. The van der Waals surface area contributed by atoms with Crippen LogP contribution in [0.15, 0.2) is 24.3 Å². The van der Waals surface area contributed by atoms with E-state index in [-0.39, 0.29) is 0 Å². The Labute approximate surface area is 93.5 Å². The Balaban J connectivity index is 2.41. The normalized spacial score (nSPS) is 11.4. The Morgan fingerprint density at radius 3 is 2.79 bits per heavy atom. The van der Waals surface area contributed by atoms with Crippen LogP contribution in [-0.2, 0) is 6.42 Å². The molecular formula is C12H13ClS. The molecule has 0 fully saturated rings. The van der Waals surface area contributed by atoms with Gasteiger partial charge in [0.15, 0.2) is 0 Å². The van der Waals surface area contributed by atoms with Crippen molar-refractivity contribution in [1.82, 2.24) is 0 Å². The molecule has 1 aromatic heterocycles. The molecule has 2 aromatic rings. The largest absolute Gasteiger partial charge is 0.140 e. The SMILES string of the molecule is CC(C)Cc1cc2ccc(Cl)cc2s1. The predicted molar refractivity (Wildman–Crippen MR) is 65.4 cm³/mol. The molecule has 0 bridgehead atoms. The van der Waals surface area contributed by atoms with E-state index in [1.807, 2.05) is 23.5 Å². The van der Waals surface area contributed by atoms with Gasteiger partial charge in [-0.15, -0.1) is 11.3 Å². The van der Waals surface area contributed by atoms with Crippen LogP contribution in [0.4, 0.5) is 0 Å². The summed E-state index contributed by atoms with van der Waals surface area (Å²) in [6.07, 6.45) is 1.16. The number of benzene rings is 1. The number of thiophene rings is 1. The minimum Gasteiger partial charge on any atom is -0.140 e. The third kappa shape index (κ3) is 2.10. The van der Waals surface area contributed by atoms with Crippen molar-refractivity contribution in [1.29, 1.82) is 0 Å². The van der Waals surface area contributed by atoms with Gasteiger partial charge in [0.25, 0.3) is 0 Å². The van der Waals surface area contributed by atoms with Crippen LogP contribution in [0.3, 0.4) is 0 Å². The molecule has 0 aliphatic rings. The number of rotatable bonds is 2. The van der Waals surface area contributed by atoms with Gasteiger partial charge in [0.2, 0.25) is 0 Å². The van der Waals surface area contributed by atoms with Crippen molar-refractivity contribution in [3.8, 4) is 0 Å². The number of fused-ring (bicyclic) bond motifs is 1. The van der Waals surface area contributed by atoms with Gasteiger partial charge >= 0.3 is 0 Å². The highest BCUT2D eigenvalue weighted by Crippen LogP contribution is 2.29. The van der Waals surface area contributed by atoms with Crippen molar-refractivity contribution in [3.63, 3.8) is 0 Å². The summed E-state index contributed by atoms with van der Waals surface area (Å²) >= 11 is 7.80. The van der Waals surface area contributed by atoms with Crippen LogP contribution in [0, 0.1) is 5.92 Å². The molecule has 0 atom stereocenters. The van der Waals surface area contributed by atoms with Crippen LogP contribution in [0.1, 0.15) is 18.7 Å². The molecule has 0 aliphatic carbocycles. The van der Waals surface area contributed by atoms with E-state index in [0.29, 0.717) is 0 Å². The maximum Gasteiger partial charge on any atom is 0.0420 e. The molecule has 0 unspecified atom stereocenters. The van der Waals surface area contributed by atoms with Crippen LogP contribution < -0.4 is 0 Å². The highest BCUT2D eigenvalue weighted by atomic mass is 35.5. The lowest BCUT2D eigenvalue weighted by atomic mass is 10.1. The zero-order chi connectivity index (χ0) is 10.1. The molecule has 74 valence electrons. The molecule has 1 aromatic carbocycles. The fraction of sp³-hybridized carbons (Fsp3) is 0.333. The quantitative estimate of drug-likeness (QED) is 0.691. The van der Waals surface area contributed by atoms with Gasteiger partial charge in [0.1, 0.15) is 0 Å². The maximum absolute atomic E-state index is 5.94. The molecule has 2 heteroatoms. The van der Waals surface area contributed by atoms with Crippen LogP contribution in [0.25, 0.3) is 10.1 Å². The molecule has 0 N–H and O–H groups in total. The number of hydrogen-bond donors (Lipinski definition) is 0. The molecule has 0 nitrogen and oxygen atoms in total. The topological polar surface area (TPSA) is 0 Å². The molecular weight excluding hydrogens is 212 g/mol. The van der Waals surface area contributed by atoms with E-state index in [2.05, 4.69) is 26.0 Å². The second kappa shape index (κ2) is 3.92. The van der Waals surface area contributed by atoms with E-state index >= 15 is 0 Å². The summed E-state index contributed by atoms with van der Waals surface area (Å²) in [6, 6.07) is 8.37. The Kier molecular flexibility index (Phi) is 2.80. The maximum atomic E-state index is 5.94. The molecule has 0 amide bonds. The second-order valence-electron chi connectivity index (χ2n) is 3.99. The molecule has 0 radical (unpaired) electrons. The first-order valence-electron chi connectivity index (χ1n) is 4.83. The average molecular weight is 225 g/mol. The predicted octanol–water partition coefficient (Wildman–Crippen LogP) is 4.75. The van der Waals surface area contributed by atoms with E-state index in [0.717, 1.165) is 17.4 Å². The summed E-state index contributed by atoms with van der Waals surface area (Å²) in [5.74, 6) is 0.721. The van der Waals surface area contributed by atoms with E-state index in [4.69, 9.17) is 11.6 Å². The molecule has 1 heterocycles. The van der Waals surface area contributed by atoms with Crippen molar-refractivity contribution >= 4 is 33.0 Å². The Morgan fingerprint density at radius 1 is 1.29 bits per heavy atom. The summed E-state index contributed by atoms with van der Waals surface area (Å²) in [4.78, 5) is 1.46. The van der Waals surface area contributed by atoms with Gasteiger partial charge in [0.05, 0.1) is 0 Å². The summed E-state index contributed by atoms with van der Waals surface area (Å²) in [6.45, 7) is 4.49. The molecule has 0 aliphatic heterocycles. The molecule has 0 spiro atoms. The second-order valence-corrected chi connectivity index (χ2v) is 5.60. The first-order chi connectivity index (χ1) is 6.65. The first-order valence-corrected chi connectivity index (χ1v) is 6.02. The van der Waals surface area contributed by atoms with Crippen molar-refractivity contribution in [3.05, 3.63) is 34.2 Å². The number of halogens is 1. The smallest absolute Gasteiger partial charge is 0.0420 e. The Bertz CT molecular complexity index is 443. The Morgan fingerprint density at radius 2 is 2.07 bits per heavy atom. The third-order valence-corrected chi connectivity index (χ3v) is 3.50. The van der Waals surface area contributed by atoms with E-state index in [1.54, 1.807) is 0 Å². The monoisotopic (exact) mass is 224 g/mol. The van der Waals surface area contributed by atoms with Gasteiger partial charge in [-0.05, 0) is 35.9 Å². The van der Waals surface area contributed by atoms with Crippen LogP contribution >= 0.6 is 22.9 Å². The van der Waals surface area contributed by atoms with Crippen molar-refractivity contribution < 1.29 is 0 Å². The molecule has 0 saturated heterocycles. The van der Waals surface area contributed by atoms with Crippen LogP contribution in [0.5, 0.6) is 0 Å². The number of hydrogen-bond acceptors (Lipinski definition) is 1. The van der Waals surface area contributed by atoms with Gasteiger partial charge in [0, 0.05) is 14.6 Å². The van der Waals surface area contributed by atoms with Gasteiger partial charge in [-0.3, -0.25) is 0 Å². The van der Waals surface area contributed by atoms with Crippen LogP contribution in [-0.4, -0.2) is 0 Å². The zero-order valence-corrected chi connectivity index (χ0v) is 9.95. The van der Waals surface area contributed by atoms with Crippen LogP contribution in [0.2, 0.25) is 5.02 Å². The fourth-order valence-corrected chi connectivity index (χ4v) is 3.12. The summed E-state index contributed by atoms with van der Waals surface area (Å²) < 4.78 is 1.30. The standard InChI is InChI=1S/C12H13ClS/c1-8(2)5-11-6-9-3-4-10(13)7-12(9)14-11/h3-4,6-8H,5H2,1-2H3. The van der Waals surface area contributed by atoms with Crippen molar-refractivity contribution in [2.24, 2.45) is 5.92 Å². The zero-order valence-electron chi connectivity index (χ0n) is 8.38. The average Bonchev–Trinajstić information content (AvgIpc) is 2.44. The molecule has 2 rings (SSSR count). The highest BCUT2D eigenvalue weighted by Gasteiger charge is 2.03. The minimum absolute atomic E-state index is 0.721. The third-order valence-electron chi connectivity index (χ3n) is 2.14. The van der Waals surface area contributed by atoms with Crippen molar-refractivity contribution in [2.75, 3.05) is 0 Å².